The topological polar surface area (TPSA) is 75.4 Å². The van der Waals surface area contributed by atoms with Crippen molar-refractivity contribution < 1.29 is 14.0 Å². The number of carbonyl (C=O) groups is 2. The Bertz CT molecular complexity index is 989. The van der Waals surface area contributed by atoms with Crippen molar-refractivity contribution in [2.24, 2.45) is 0 Å². The molecule has 31 heavy (non-hydrogen) atoms. The van der Waals surface area contributed by atoms with Crippen LogP contribution in [-0.4, -0.2) is 34.8 Å². The minimum absolute atomic E-state index is 0.104. The number of amides is 2. The van der Waals surface area contributed by atoms with Gasteiger partial charge in [0.15, 0.2) is 5.69 Å². The number of hydrogen-bond donors (Lipinski definition) is 1. The molecular formula is C25H25N3O3. The van der Waals surface area contributed by atoms with Crippen LogP contribution in [0.4, 0.5) is 0 Å². The Morgan fingerprint density at radius 1 is 1.00 bits per heavy atom. The molecule has 0 unspecified atom stereocenters. The van der Waals surface area contributed by atoms with E-state index >= 15 is 0 Å². The summed E-state index contributed by atoms with van der Waals surface area (Å²) in [6.45, 7) is 8.11. The number of rotatable bonds is 10. The fourth-order valence-corrected chi connectivity index (χ4v) is 3.25. The van der Waals surface area contributed by atoms with Crippen LogP contribution in [0.3, 0.4) is 0 Å². The van der Waals surface area contributed by atoms with Crippen LogP contribution >= 0.6 is 0 Å². The molecule has 2 aromatic carbocycles. The second-order valence-corrected chi connectivity index (χ2v) is 6.89. The van der Waals surface area contributed by atoms with Crippen molar-refractivity contribution in [1.82, 2.24) is 15.2 Å². The second kappa shape index (κ2) is 10.7. The van der Waals surface area contributed by atoms with Crippen molar-refractivity contribution in [3.8, 4) is 0 Å². The van der Waals surface area contributed by atoms with Crippen molar-refractivity contribution in [2.45, 2.75) is 12.5 Å². The van der Waals surface area contributed by atoms with Gasteiger partial charge in [0.1, 0.15) is 6.26 Å². The van der Waals surface area contributed by atoms with E-state index in [0.29, 0.717) is 13.1 Å². The molecule has 0 bridgehead atoms. The van der Waals surface area contributed by atoms with E-state index in [-0.39, 0.29) is 29.9 Å². The Morgan fingerprint density at radius 2 is 1.61 bits per heavy atom. The molecule has 0 aliphatic rings. The average molecular weight is 415 g/mol. The first-order valence-corrected chi connectivity index (χ1v) is 9.97. The highest BCUT2D eigenvalue weighted by molar-refractivity contribution is 5.92. The summed E-state index contributed by atoms with van der Waals surface area (Å²) < 4.78 is 5.46. The number of benzene rings is 2. The Kier molecular flexibility index (Phi) is 7.54. The molecule has 3 rings (SSSR count). The van der Waals surface area contributed by atoms with Crippen LogP contribution in [0, 0.1) is 0 Å². The third-order valence-electron chi connectivity index (χ3n) is 4.69. The second-order valence-electron chi connectivity index (χ2n) is 6.89. The highest BCUT2D eigenvalue weighted by Crippen LogP contribution is 2.27. The van der Waals surface area contributed by atoms with E-state index in [2.05, 4.69) is 23.5 Å². The van der Waals surface area contributed by atoms with Gasteiger partial charge in [-0.05, 0) is 11.1 Å². The first-order valence-electron chi connectivity index (χ1n) is 9.97. The van der Waals surface area contributed by atoms with E-state index < -0.39 is 5.92 Å². The van der Waals surface area contributed by atoms with Crippen molar-refractivity contribution in [3.05, 3.63) is 115 Å². The zero-order valence-corrected chi connectivity index (χ0v) is 17.2. The molecule has 0 saturated heterocycles. The van der Waals surface area contributed by atoms with Gasteiger partial charge >= 0.3 is 0 Å². The van der Waals surface area contributed by atoms with Gasteiger partial charge in [-0.1, -0.05) is 72.8 Å². The van der Waals surface area contributed by atoms with Gasteiger partial charge in [0.25, 0.3) is 5.91 Å². The lowest BCUT2D eigenvalue weighted by molar-refractivity contribution is -0.132. The lowest BCUT2D eigenvalue weighted by atomic mass is 9.90. The molecule has 0 aliphatic carbocycles. The van der Waals surface area contributed by atoms with Crippen LogP contribution in [0.2, 0.25) is 0 Å². The molecule has 6 nitrogen and oxygen atoms in total. The predicted octanol–water partition coefficient (Wildman–Crippen LogP) is 3.94. The van der Waals surface area contributed by atoms with Crippen LogP contribution in [0.5, 0.6) is 0 Å². The quantitative estimate of drug-likeness (QED) is 0.509. The number of aromatic nitrogens is 1. The summed E-state index contributed by atoms with van der Waals surface area (Å²) in [5.74, 6) is -0.664. The van der Waals surface area contributed by atoms with E-state index in [4.69, 9.17) is 4.42 Å². The Labute approximate surface area is 181 Å². The molecule has 0 atom stereocenters. The molecule has 0 radical (unpaired) electrons. The summed E-state index contributed by atoms with van der Waals surface area (Å²) in [6.07, 6.45) is 4.53. The summed E-state index contributed by atoms with van der Waals surface area (Å²) in [7, 11) is 0. The normalized spacial score (nSPS) is 10.5. The lowest BCUT2D eigenvalue weighted by Gasteiger charge is -2.26. The third-order valence-corrected chi connectivity index (χ3v) is 4.69. The van der Waals surface area contributed by atoms with Crippen molar-refractivity contribution in [3.63, 3.8) is 0 Å². The fraction of sp³-hybridized carbons (Fsp3) is 0.160. The maximum absolute atomic E-state index is 13.6. The van der Waals surface area contributed by atoms with Crippen LogP contribution in [0.1, 0.15) is 33.4 Å². The van der Waals surface area contributed by atoms with Crippen molar-refractivity contribution in [1.29, 1.82) is 0 Å². The van der Waals surface area contributed by atoms with E-state index in [1.165, 1.54) is 6.26 Å². The standard InChI is InChI=1S/C25H25N3O3/c1-3-15-26-24(29)21-18-31-22(27-21)17-28(16-4-2)25(30)23(19-11-7-5-8-12-19)20-13-9-6-10-14-20/h3-14,18,23H,1-2,15-17H2,(H,26,29). The Hall–Kier alpha value is -3.93. The SMILES string of the molecule is C=CCNC(=O)c1coc(CN(CC=C)C(=O)C(c2ccccc2)c2ccccc2)n1. The summed E-state index contributed by atoms with van der Waals surface area (Å²) in [4.78, 5) is 31.6. The van der Waals surface area contributed by atoms with Gasteiger partial charge in [-0.25, -0.2) is 4.98 Å². The maximum atomic E-state index is 13.6. The molecule has 0 fully saturated rings. The first kappa shape index (κ1) is 21.8. The highest BCUT2D eigenvalue weighted by Gasteiger charge is 2.28. The molecule has 2 amide bonds. The predicted molar refractivity (Wildman–Crippen MR) is 119 cm³/mol. The molecule has 6 heteroatoms. The molecule has 3 aromatic rings. The van der Waals surface area contributed by atoms with Gasteiger partial charge in [-0.2, -0.15) is 0 Å². The third kappa shape index (κ3) is 5.57. The fourth-order valence-electron chi connectivity index (χ4n) is 3.25. The van der Waals surface area contributed by atoms with E-state index in [1.807, 2.05) is 60.7 Å². The minimum atomic E-state index is -0.479. The molecule has 158 valence electrons. The largest absolute Gasteiger partial charge is 0.446 e. The van der Waals surface area contributed by atoms with Crippen LogP contribution in [0.15, 0.2) is 96.7 Å². The lowest BCUT2D eigenvalue weighted by Crippen LogP contribution is -2.35. The van der Waals surface area contributed by atoms with Gasteiger partial charge in [0, 0.05) is 13.1 Å². The van der Waals surface area contributed by atoms with E-state index in [1.54, 1.807) is 17.1 Å². The minimum Gasteiger partial charge on any atom is -0.446 e. The molecular weight excluding hydrogens is 390 g/mol. The highest BCUT2D eigenvalue weighted by atomic mass is 16.3. The number of nitrogens with zero attached hydrogens (tertiary/aromatic N) is 2. The van der Waals surface area contributed by atoms with Gasteiger partial charge < -0.3 is 14.6 Å². The summed E-state index contributed by atoms with van der Waals surface area (Å²) >= 11 is 0. The smallest absolute Gasteiger partial charge is 0.273 e. The van der Waals surface area contributed by atoms with Gasteiger partial charge in [0.05, 0.1) is 12.5 Å². The molecule has 1 N–H and O–H groups in total. The summed E-state index contributed by atoms with van der Waals surface area (Å²) in [5, 5.41) is 2.65. The molecule has 1 aromatic heterocycles. The van der Waals surface area contributed by atoms with Crippen LogP contribution in [-0.2, 0) is 11.3 Å². The Balaban J connectivity index is 1.86. The first-order chi connectivity index (χ1) is 15.1. The van der Waals surface area contributed by atoms with E-state index in [0.717, 1.165) is 11.1 Å². The zero-order chi connectivity index (χ0) is 22.1. The number of nitrogens with one attached hydrogen (secondary N) is 1. The Morgan fingerprint density at radius 3 is 2.16 bits per heavy atom. The molecule has 1 heterocycles. The van der Waals surface area contributed by atoms with Crippen molar-refractivity contribution in [2.75, 3.05) is 13.1 Å². The van der Waals surface area contributed by atoms with Crippen molar-refractivity contribution >= 4 is 11.8 Å². The maximum Gasteiger partial charge on any atom is 0.273 e. The van der Waals surface area contributed by atoms with Crippen LogP contribution in [0.25, 0.3) is 0 Å². The van der Waals surface area contributed by atoms with Gasteiger partial charge in [-0.3, -0.25) is 9.59 Å². The molecule has 0 aliphatic heterocycles. The molecule has 0 saturated carbocycles. The molecule has 0 spiro atoms. The van der Waals surface area contributed by atoms with Crippen LogP contribution < -0.4 is 5.32 Å². The van der Waals surface area contributed by atoms with Gasteiger partial charge in [-0.15, -0.1) is 13.2 Å². The summed E-state index contributed by atoms with van der Waals surface area (Å²) in [6, 6.07) is 19.3. The zero-order valence-electron chi connectivity index (χ0n) is 17.2. The number of carbonyl (C=O) groups excluding carboxylic acids is 2. The van der Waals surface area contributed by atoms with Gasteiger partial charge in [0.2, 0.25) is 11.8 Å². The summed E-state index contributed by atoms with van der Waals surface area (Å²) in [5.41, 5.74) is 1.94. The monoisotopic (exact) mass is 415 g/mol. The number of oxazole rings is 1. The number of hydrogen-bond acceptors (Lipinski definition) is 4. The van der Waals surface area contributed by atoms with E-state index in [9.17, 15) is 9.59 Å². The average Bonchev–Trinajstić information content (AvgIpc) is 3.27.